The molecule has 4 heteroatoms. The minimum Gasteiger partial charge on any atom is -0.459 e. The fourth-order valence-corrected chi connectivity index (χ4v) is 1.66. The third kappa shape index (κ3) is 3.21. The summed E-state index contributed by atoms with van der Waals surface area (Å²) in [5.41, 5.74) is 0.852. The van der Waals surface area contributed by atoms with E-state index in [2.05, 4.69) is 5.32 Å². The van der Waals surface area contributed by atoms with Gasteiger partial charge in [-0.1, -0.05) is 30.3 Å². The Hall–Kier alpha value is -2.07. The predicted molar refractivity (Wildman–Crippen MR) is 67.1 cm³/mol. The minimum atomic E-state index is -0.567. The fraction of sp³-hybridized carbons (Fsp3) is 0.214. The number of furan rings is 1. The maximum atomic E-state index is 11.5. The molecule has 4 nitrogen and oxygen atoms in total. The maximum Gasteiger partial charge on any atom is 0.286 e. The van der Waals surface area contributed by atoms with Crippen molar-refractivity contribution in [1.29, 1.82) is 0 Å². The maximum absolute atomic E-state index is 11.5. The standard InChI is InChI=1S/C14H15NO3/c16-12(11-5-2-1-3-6-11)8-9-15-14(17)13-7-4-10-18-13/h1-7,10,12,16H,8-9H2,(H,15,17)/t12-/m0/s1. The molecule has 0 aliphatic rings. The molecule has 2 rings (SSSR count). The van der Waals surface area contributed by atoms with Crippen LogP contribution in [0.25, 0.3) is 0 Å². The van der Waals surface area contributed by atoms with E-state index in [1.807, 2.05) is 30.3 Å². The van der Waals surface area contributed by atoms with Crippen LogP contribution in [0.4, 0.5) is 0 Å². The second kappa shape index (κ2) is 6.02. The van der Waals surface area contributed by atoms with Crippen LogP contribution >= 0.6 is 0 Å². The van der Waals surface area contributed by atoms with Crippen LogP contribution in [0.2, 0.25) is 0 Å². The summed E-state index contributed by atoms with van der Waals surface area (Å²) in [5, 5.41) is 12.6. The van der Waals surface area contributed by atoms with Gasteiger partial charge in [0.2, 0.25) is 0 Å². The Morgan fingerprint density at radius 1 is 1.22 bits per heavy atom. The van der Waals surface area contributed by atoms with Crippen LogP contribution in [0.15, 0.2) is 53.1 Å². The summed E-state index contributed by atoms with van der Waals surface area (Å²) >= 11 is 0. The van der Waals surface area contributed by atoms with Gasteiger partial charge in [0, 0.05) is 6.54 Å². The number of amides is 1. The first-order chi connectivity index (χ1) is 8.77. The van der Waals surface area contributed by atoms with Crippen LogP contribution in [-0.2, 0) is 0 Å². The number of hydrogen-bond acceptors (Lipinski definition) is 3. The lowest BCUT2D eigenvalue weighted by Gasteiger charge is -2.10. The minimum absolute atomic E-state index is 0.264. The Morgan fingerprint density at radius 3 is 2.67 bits per heavy atom. The zero-order valence-electron chi connectivity index (χ0n) is 9.87. The smallest absolute Gasteiger partial charge is 0.286 e. The van der Waals surface area contributed by atoms with E-state index in [-0.39, 0.29) is 11.7 Å². The third-order valence-corrected chi connectivity index (χ3v) is 2.63. The molecule has 1 atom stereocenters. The van der Waals surface area contributed by atoms with Crippen molar-refractivity contribution in [2.75, 3.05) is 6.54 Å². The molecule has 0 radical (unpaired) electrons. The molecular formula is C14H15NO3. The van der Waals surface area contributed by atoms with E-state index in [9.17, 15) is 9.90 Å². The number of carbonyl (C=O) groups is 1. The lowest BCUT2D eigenvalue weighted by atomic mass is 10.1. The van der Waals surface area contributed by atoms with Gasteiger partial charge < -0.3 is 14.8 Å². The second-order valence-electron chi connectivity index (χ2n) is 3.95. The Morgan fingerprint density at radius 2 is 2.00 bits per heavy atom. The highest BCUT2D eigenvalue weighted by atomic mass is 16.3. The molecule has 0 saturated carbocycles. The first-order valence-electron chi connectivity index (χ1n) is 5.82. The average molecular weight is 245 g/mol. The highest BCUT2D eigenvalue weighted by Gasteiger charge is 2.10. The normalized spacial score (nSPS) is 12.1. The van der Waals surface area contributed by atoms with Crippen molar-refractivity contribution in [2.24, 2.45) is 0 Å². The van der Waals surface area contributed by atoms with E-state index in [1.54, 1.807) is 12.1 Å². The van der Waals surface area contributed by atoms with Gasteiger partial charge in [0.15, 0.2) is 5.76 Å². The van der Waals surface area contributed by atoms with Crippen LogP contribution in [-0.4, -0.2) is 17.6 Å². The summed E-state index contributed by atoms with van der Waals surface area (Å²) in [7, 11) is 0. The summed E-state index contributed by atoms with van der Waals surface area (Å²) in [6.45, 7) is 0.398. The summed E-state index contributed by atoms with van der Waals surface area (Å²) in [6.07, 6.45) is 1.35. The number of aliphatic hydroxyl groups excluding tert-OH is 1. The third-order valence-electron chi connectivity index (χ3n) is 2.63. The molecule has 2 N–H and O–H groups in total. The zero-order chi connectivity index (χ0) is 12.8. The largest absolute Gasteiger partial charge is 0.459 e. The molecule has 1 heterocycles. The number of nitrogens with one attached hydrogen (secondary N) is 1. The lowest BCUT2D eigenvalue weighted by Crippen LogP contribution is -2.25. The molecule has 0 unspecified atom stereocenters. The quantitative estimate of drug-likeness (QED) is 0.848. The summed E-state index contributed by atoms with van der Waals surface area (Å²) in [5.74, 6) is 0.0180. The molecule has 0 fully saturated rings. The van der Waals surface area contributed by atoms with Gasteiger partial charge in [0.25, 0.3) is 5.91 Å². The van der Waals surface area contributed by atoms with Crippen molar-refractivity contribution in [3.8, 4) is 0 Å². The number of rotatable bonds is 5. The number of benzene rings is 1. The predicted octanol–water partition coefficient (Wildman–Crippen LogP) is 2.13. The monoisotopic (exact) mass is 245 g/mol. The van der Waals surface area contributed by atoms with Gasteiger partial charge in [0.05, 0.1) is 12.4 Å². The molecule has 0 saturated heterocycles. The van der Waals surface area contributed by atoms with Crippen LogP contribution in [0, 0.1) is 0 Å². The van der Waals surface area contributed by atoms with E-state index in [4.69, 9.17) is 4.42 Å². The van der Waals surface area contributed by atoms with Gasteiger partial charge in [-0.05, 0) is 24.1 Å². The van der Waals surface area contributed by atoms with E-state index in [0.29, 0.717) is 13.0 Å². The van der Waals surface area contributed by atoms with E-state index in [0.717, 1.165) is 5.56 Å². The topological polar surface area (TPSA) is 62.5 Å². The Labute approximate surface area is 105 Å². The highest BCUT2D eigenvalue weighted by Crippen LogP contribution is 2.14. The molecule has 18 heavy (non-hydrogen) atoms. The van der Waals surface area contributed by atoms with Crippen LogP contribution in [0.5, 0.6) is 0 Å². The molecule has 0 aliphatic heterocycles. The Kier molecular flexibility index (Phi) is 4.15. The van der Waals surface area contributed by atoms with Crippen molar-refractivity contribution in [3.05, 3.63) is 60.1 Å². The molecule has 2 aromatic rings. The lowest BCUT2D eigenvalue weighted by molar-refractivity contribution is 0.0915. The molecule has 0 bridgehead atoms. The van der Waals surface area contributed by atoms with Crippen molar-refractivity contribution in [3.63, 3.8) is 0 Å². The molecular weight excluding hydrogens is 230 g/mol. The van der Waals surface area contributed by atoms with Gasteiger partial charge in [0.1, 0.15) is 0 Å². The van der Waals surface area contributed by atoms with Gasteiger partial charge in [-0.25, -0.2) is 0 Å². The van der Waals surface area contributed by atoms with E-state index < -0.39 is 6.10 Å². The van der Waals surface area contributed by atoms with Gasteiger partial charge >= 0.3 is 0 Å². The Bertz CT molecular complexity index is 479. The van der Waals surface area contributed by atoms with Gasteiger partial charge in [-0.3, -0.25) is 4.79 Å². The summed E-state index contributed by atoms with van der Waals surface area (Å²) in [6, 6.07) is 12.6. The molecule has 94 valence electrons. The van der Waals surface area contributed by atoms with E-state index in [1.165, 1.54) is 6.26 Å². The molecule has 1 aromatic heterocycles. The first kappa shape index (κ1) is 12.4. The molecule has 0 spiro atoms. The van der Waals surface area contributed by atoms with Gasteiger partial charge in [-0.15, -0.1) is 0 Å². The van der Waals surface area contributed by atoms with Crippen LogP contribution in [0.1, 0.15) is 28.6 Å². The average Bonchev–Trinajstić information content (AvgIpc) is 2.93. The summed E-state index contributed by atoms with van der Waals surface area (Å²) < 4.78 is 4.96. The van der Waals surface area contributed by atoms with Crippen molar-refractivity contribution in [2.45, 2.75) is 12.5 Å². The Balaban J connectivity index is 1.77. The molecule has 1 amide bonds. The second-order valence-corrected chi connectivity index (χ2v) is 3.95. The van der Waals surface area contributed by atoms with E-state index >= 15 is 0 Å². The van der Waals surface area contributed by atoms with Crippen molar-refractivity contribution in [1.82, 2.24) is 5.32 Å². The van der Waals surface area contributed by atoms with Crippen LogP contribution < -0.4 is 5.32 Å². The van der Waals surface area contributed by atoms with Crippen molar-refractivity contribution < 1.29 is 14.3 Å². The number of carbonyl (C=O) groups excluding carboxylic acids is 1. The SMILES string of the molecule is O=C(NCC[C@H](O)c1ccccc1)c1ccco1. The number of aliphatic hydroxyl groups is 1. The molecule has 1 aromatic carbocycles. The van der Waals surface area contributed by atoms with Crippen LogP contribution in [0.3, 0.4) is 0 Å². The zero-order valence-corrected chi connectivity index (χ0v) is 9.87. The van der Waals surface area contributed by atoms with Gasteiger partial charge in [-0.2, -0.15) is 0 Å². The fourth-order valence-electron chi connectivity index (χ4n) is 1.66. The highest BCUT2D eigenvalue weighted by molar-refractivity contribution is 5.91. The summed E-state index contributed by atoms with van der Waals surface area (Å²) in [4.78, 5) is 11.5. The molecule has 0 aliphatic carbocycles. The van der Waals surface area contributed by atoms with Crippen molar-refractivity contribution >= 4 is 5.91 Å². The first-order valence-corrected chi connectivity index (χ1v) is 5.82. The number of hydrogen-bond donors (Lipinski definition) is 2.